The van der Waals surface area contributed by atoms with Gasteiger partial charge >= 0.3 is 0 Å². The van der Waals surface area contributed by atoms with Crippen LogP contribution in [0, 0.1) is 0 Å². The molecule has 4 heteroatoms. The molecule has 0 radical (unpaired) electrons. The van der Waals surface area contributed by atoms with Crippen LogP contribution < -0.4 is 0 Å². The average Bonchev–Trinajstić information content (AvgIpc) is 2.16. The molecule has 2 nitrogen and oxygen atoms in total. The minimum absolute atomic E-state index is 0.195. The Morgan fingerprint density at radius 3 is 2.47 bits per heavy atom. The van der Waals surface area contributed by atoms with Crippen molar-refractivity contribution in [3.63, 3.8) is 0 Å². The van der Waals surface area contributed by atoms with E-state index in [1.165, 1.54) is 11.8 Å². The molecule has 0 fully saturated rings. The maximum Gasteiger partial charge on any atom is 0.251 e. The van der Waals surface area contributed by atoms with Crippen molar-refractivity contribution < 1.29 is 4.43 Å². The molecule has 1 aromatic heterocycles. The lowest BCUT2D eigenvalue weighted by molar-refractivity contribution is 0.419. The third-order valence-electron chi connectivity index (χ3n) is 3.03. The first kappa shape index (κ1) is 14.3. The number of thioether (sulfide) groups is 1. The Morgan fingerprint density at radius 1 is 1.35 bits per heavy atom. The van der Waals surface area contributed by atoms with Gasteiger partial charge in [-0.2, -0.15) is 0 Å². The summed E-state index contributed by atoms with van der Waals surface area (Å²) in [4.78, 5) is 4.25. The van der Waals surface area contributed by atoms with Crippen molar-refractivity contribution in [3.05, 3.63) is 36.1 Å². The molecule has 0 aromatic carbocycles. The Kier molecular flexibility index (Phi) is 4.44. The molecule has 94 valence electrons. The van der Waals surface area contributed by atoms with Crippen LogP contribution >= 0.6 is 11.8 Å². The summed E-state index contributed by atoms with van der Waals surface area (Å²) in [6.45, 7) is 15.1. The molecule has 0 amide bonds. The van der Waals surface area contributed by atoms with E-state index in [-0.39, 0.29) is 5.04 Å². The lowest BCUT2D eigenvalue weighted by Gasteiger charge is -2.36. The summed E-state index contributed by atoms with van der Waals surface area (Å²) in [5.41, 5.74) is 0. The Morgan fingerprint density at radius 2 is 2.00 bits per heavy atom. The third kappa shape index (κ3) is 4.20. The molecule has 1 heterocycles. The molecular weight excluding hydrogens is 246 g/mol. The van der Waals surface area contributed by atoms with Crippen LogP contribution in [-0.4, -0.2) is 13.3 Å². The van der Waals surface area contributed by atoms with Crippen LogP contribution in [0.5, 0.6) is 0 Å². The fourth-order valence-corrected chi connectivity index (χ4v) is 3.14. The van der Waals surface area contributed by atoms with Gasteiger partial charge in [-0.1, -0.05) is 33.4 Å². The zero-order valence-electron chi connectivity index (χ0n) is 11.3. The van der Waals surface area contributed by atoms with Crippen molar-refractivity contribution in [1.82, 2.24) is 4.98 Å². The molecular formula is C13H21NOSSi. The number of hydrogen-bond donors (Lipinski definition) is 0. The molecule has 0 saturated carbocycles. The summed E-state index contributed by atoms with van der Waals surface area (Å²) in [6.07, 6.45) is 1.78. The molecule has 1 rings (SSSR count). The monoisotopic (exact) mass is 267 g/mol. The van der Waals surface area contributed by atoms with Gasteiger partial charge in [0, 0.05) is 6.20 Å². The number of nitrogens with zero attached hydrogens (tertiary/aromatic N) is 1. The van der Waals surface area contributed by atoms with Crippen molar-refractivity contribution in [3.8, 4) is 0 Å². The van der Waals surface area contributed by atoms with Crippen molar-refractivity contribution >= 4 is 20.1 Å². The second kappa shape index (κ2) is 5.27. The normalized spacial score (nSPS) is 12.3. The summed E-state index contributed by atoms with van der Waals surface area (Å²) < 4.78 is 6.07. The molecule has 0 bridgehead atoms. The predicted molar refractivity (Wildman–Crippen MR) is 77.5 cm³/mol. The molecule has 0 aliphatic carbocycles. The molecule has 0 aliphatic heterocycles. The fraction of sp³-hybridized carbons (Fsp3) is 0.462. The van der Waals surface area contributed by atoms with Gasteiger partial charge in [-0.3, -0.25) is 0 Å². The Hall–Kier alpha value is -0.743. The first-order valence-electron chi connectivity index (χ1n) is 5.69. The summed E-state index contributed by atoms with van der Waals surface area (Å²) >= 11 is 1.49. The second-order valence-corrected chi connectivity index (χ2v) is 11.3. The van der Waals surface area contributed by atoms with Crippen molar-refractivity contribution in [1.29, 1.82) is 0 Å². The van der Waals surface area contributed by atoms with E-state index in [1.54, 1.807) is 6.20 Å². The molecule has 0 N–H and O–H groups in total. The fourth-order valence-electron chi connectivity index (χ4n) is 0.983. The van der Waals surface area contributed by atoms with Gasteiger partial charge < -0.3 is 4.43 Å². The van der Waals surface area contributed by atoms with E-state index in [2.05, 4.69) is 45.4 Å². The lowest BCUT2D eigenvalue weighted by atomic mass is 10.2. The van der Waals surface area contributed by atoms with Gasteiger partial charge in [0.05, 0.1) is 0 Å². The van der Waals surface area contributed by atoms with Crippen LogP contribution in [0.15, 0.2) is 41.1 Å². The van der Waals surface area contributed by atoms with Gasteiger partial charge in [-0.05, 0) is 42.0 Å². The predicted octanol–water partition coefficient (Wildman–Crippen LogP) is 4.67. The van der Waals surface area contributed by atoms with Crippen molar-refractivity contribution in [2.45, 2.75) is 43.9 Å². The van der Waals surface area contributed by atoms with Gasteiger partial charge in [0.2, 0.25) is 0 Å². The Balaban J connectivity index is 2.62. The maximum atomic E-state index is 6.07. The largest absolute Gasteiger partial charge is 0.539 e. The van der Waals surface area contributed by atoms with E-state index in [0.717, 1.165) is 10.1 Å². The molecule has 0 aliphatic rings. The van der Waals surface area contributed by atoms with E-state index < -0.39 is 8.32 Å². The van der Waals surface area contributed by atoms with E-state index in [0.29, 0.717) is 0 Å². The van der Waals surface area contributed by atoms with Gasteiger partial charge in [-0.15, -0.1) is 0 Å². The van der Waals surface area contributed by atoms with Crippen LogP contribution in [0.25, 0.3) is 0 Å². The van der Waals surface area contributed by atoms with Crippen LogP contribution in [-0.2, 0) is 4.43 Å². The number of aromatic nitrogens is 1. The number of hydrogen-bond acceptors (Lipinski definition) is 3. The highest BCUT2D eigenvalue weighted by Gasteiger charge is 2.39. The topological polar surface area (TPSA) is 22.1 Å². The van der Waals surface area contributed by atoms with E-state index in [9.17, 15) is 0 Å². The van der Waals surface area contributed by atoms with Crippen molar-refractivity contribution in [2.75, 3.05) is 0 Å². The van der Waals surface area contributed by atoms with Crippen LogP contribution in [0.1, 0.15) is 20.8 Å². The Bertz CT molecular complexity index is 384. The number of rotatable bonds is 4. The van der Waals surface area contributed by atoms with Gasteiger partial charge in [0.1, 0.15) is 10.1 Å². The molecule has 0 atom stereocenters. The third-order valence-corrected chi connectivity index (χ3v) is 8.31. The summed E-state index contributed by atoms with van der Waals surface area (Å²) in [5.74, 6) is 0. The molecule has 1 aromatic rings. The first-order chi connectivity index (χ1) is 7.72. The highest BCUT2D eigenvalue weighted by molar-refractivity contribution is 8.02. The van der Waals surface area contributed by atoms with E-state index in [1.807, 2.05) is 18.2 Å². The molecule has 17 heavy (non-hydrogen) atoms. The number of pyridine rings is 1. The van der Waals surface area contributed by atoms with Gasteiger partial charge in [0.15, 0.2) is 0 Å². The smallest absolute Gasteiger partial charge is 0.251 e. The van der Waals surface area contributed by atoms with Crippen LogP contribution in [0.4, 0.5) is 0 Å². The highest BCUT2D eigenvalue weighted by atomic mass is 32.2. The minimum Gasteiger partial charge on any atom is -0.539 e. The molecule has 0 spiro atoms. The molecule has 0 unspecified atom stereocenters. The van der Waals surface area contributed by atoms with Gasteiger partial charge in [-0.25, -0.2) is 4.98 Å². The average molecular weight is 267 g/mol. The van der Waals surface area contributed by atoms with Crippen LogP contribution in [0.3, 0.4) is 0 Å². The van der Waals surface area contributed by atoms with Crippen LogP contribution in [0.2, 0.25) is 18.1 Å². The maximum absolute atomic E-state index is 6.07. The molecule has 0 saturated heterocycles. The lowest BCUT2D eigenvalue weighted by Crippen LogP contribution is -2.39. The highest BCUT2D eigenvalue weighted by Crippen LogP contribution is 2.40. The van der Waals surface area contributed by atoms with E-state index in [4.69, 9.17) is 4.43 Å². The Labute approximate surface area is 110 Å². The minimum atomic E-state index is -1.77. The second-order valence-electron chi connectivity index (χ2n) is 5.50. The van der Waals surface area contributed by atoms with E-state index >= 15 is 0 Å². The van der Waals surface area contributed by atoms with Gasteiger partial charge in [0.25, 0.3) is 8.32 Å². The summed E-state index contributed by atoms with van der Waals surface area (Å²) in [5, 5.41) is 1.87. The summed E-state index contributed by atoms with van der Waals surface area (Å²) in [7, 11) is -1.77. The SMILES string of the molecule is C=C(O[Si](C)(C)C(C)(C)C)Sc1ccccn1. The zero-order valence-corrected chi connectivity index (χ0v) is 13.1. The van der Waals surface area contributed by atoms with Crippen molar-refractivity contribution in [2.24, 2.45) is 0 Å². The zero-order chi connectivity index (χ0) is 13.1. The first-order valence-corrected chi connectivity index (χ1v) is 9.42. The summed E-state index contributed by atoms with van der Waals surface area (Å²) in [6, 6.07) is 5.83. The standard InChI is InChI=1S/C13H21NOSSi/c1-11(15-17(5,6)13(2,3)4)16-12-9-7-8-10-14-12/h7-10H,1H2,2-6H3. The quantitative estimate of drug-likeness (QED) is 0.450.